The van der Waals surface area contributed by atoms with Gasteiger partial charge in [0.25, 0.3) is 0 Å². The number of hydrogen-bond donors (Lipinski definition) is 0. The van der Waals surface area contributed by atoms with Crippen LogP contribution in [0.5, 0.6) is 0 Å². The Kier molecular flexibility index (Phi) is 52.0. The molecule has 0 rings (SSSR count). The molecule has 0 aliphatic heterocycles. The summed E-state index contributed by atoms with van der Waals surface area (Å²) in [5.74, 6) is -2.27. The fourth-order valence-electron chi connectivity index (χ4n) is 8.45. The van der Waals surface area contributed by atoms with Crippen LogP contribution in [-0.2, 0) is 33.3 Å². The molecule has 0 N–H and O–H groups in total. The highest BCUT2D eigenvalue weighted by molar-refractivity contribution is 5.70. The van der Waals surface area contributed by atoms with Crippen molar-refractivity contribution < 1.29 is 42.9 Å². The van der Waals surface area contributed by atoms with Gasteiger partial charge in [0.1, 0.15) is 13.2 Å². The quantitative estimate of drug-likeness (QED) is 0.0195. The van der Waals surface area contributed by atoms with Crippen molar-refractivity contribution in [2.75, 3.05) is 47.5 Å². The van der Waals surface area contributed by atoms with Gasteiger partial charge in [0.15, 0.2) is 12.4 Å². The number of unbranched alkanes of at least 4 members (excludes halogenated alkanes) is 30. The molecular weight excluding hydrogens is 899 g/mol. The first-order valence-electron chi connectivity index (χ1n) is 29.9. The van der Waals surface area contributed by atoms with Gasteiger partial charge < -0.3 is 33.3 Å². The Labute approximate surface area is 444 Å². The third kappa shape index (κ3) is 54.8. The summed E-state index contributed by atoms with van der Waals surface area (Å²) < 4.78 is 22.7. The van der Waals surface area contributed by atoms with Gasteiger partial charge >= 0.3 is 11.9 Å². The van der Waals surface area contributed by atoms with Crippen molar-refractivity contribution in [2.24, 2.45) is 0 Å². The lowest BCUT2D eigenvalue weighted by Crippen LogP contribution is -2.44. The highest BCUT2D eigenvalue weighted by Gasteiger charge is 2.22. The number of carbonyl (C=O) groups is 3. The first-order valence-corrected chi connectivity index (χ1v) is 29.9. The van der Waals surface area contributed by atoms with E-state index in [2.05, 4.69) is 74.6 Å². The molecule has 0 saturated carbocycles. The third-order valence-corrected chi connectivity index (χ3v) is 13.0. The first kappa shape index (κ1) is 69.0. The lowest BCUT2D eigenvalue weighted by atomic mass is 10.0. The number of nitrogens with zero attached hydrogens (tertiary/aromatic N) is 1. The number of aliphatic carboxylic acids is 1. The van der Waals surface area contributed by atoms with Crippen molar-refractivity contribution in [3.05, 3.63) is 60.8 Å². The van der Waals surface area contributed by atoms with Gasteiger partial charge in [0, 0.05) is 12.8 Å². The minimum atomic E-state index is -1.62. The van der Waals surface area contributed by atoms with E-state index in [1.54, 1.807) is 0 Å². The number of allylic oxidation sites excluding steroid dienone is 10. The van der Waals surface area contributed by atoms with Crippen LogP contribution in [-0.4, -0.2) is 82.3 Å². The summed E-state index contributed by atoms with van der Waals surface area (Å²) in [6.07, 6.45) is 65.6. The molecule has 0 aliphatic rings. The standard InChI is InChI=1S/C63H113NO8/c1-6-8-10-12-14-16-18-20-22-23-24-25-26-27-28-29-30-31-32-33-34-35-36-37-38-39-40-42-44-46-48-50-52-54-61(66)72-59(58-71-63(62(67)68)69-56-55-64(3,4)5)57-70-60(65)53-51-49-47-45-43-41-21-19-17-15-13-11-9-7-2/h8,10,14,16,20,22,24-25,27-28,59,63H,6-7,9,11-13,15,17-19,21,23,26,29-58H2,1-5H3/b10-8-,16-14-,22-20-,25-24-,28-27-. The third-order valence-electron chi connectivity index (χ3n) is 13.0. The number of carbonyl (C=O) groups excluding carboxylic acids is 3. The molecule has 2 atom stereocenters. The zero-order chi connectivity index (χ0) is 52.7. The molecule has 0 aromatic rings. The first-order chi connectivity index (χ1) is 35.1. The molecule has 0 saturated heterocycles. The van der Waals surface area contributed by atoms with Crippen molar-refractivity contribution in [1.29, 1.82) is 0 Å². The predicted octanol–water partition coefficient (Wildman–Crippen LogP) is 16.3. The molecule has 0 aliphatic carbocycles. The molecule has 0 aromatic heterocycles. The number of carboxylic acids is 1. The molecular formula is C63H113NO8. The van der Waals surface area contributed by atoms with E-state index >= 15 is 0 Å². The second kappa shape index (κ2) is 54.3. The fourth-order valence-corrected chi connectivity index (χ4v) is 8.45. The lowest BCUT2D eigenvalue weighted by Gasteiger charge is -2.26. The maximum atomic E-state index is 12.9. The molecule has 418 valence electrons. The van der Waals surface area contributed by atoms with E-state index in [0.717, 1.165) is 64.2 Å². The smallest absolute Gasteiger partial charge is 0.306 e. The normalized spacial score (nSPS) is 13.2. The summed E-state index contributed by atoms with van der Waals surface area (Å²) in [6, 6.07) is 0. The van der Waals surface area contributed by atoms with E-state index < -0.39 is 24.3 Å². The Bertz CT molecular complexity index is 1360. The number of hydrogen-bond acceptors (Lipinski definition) is 8. The highest BCUT2D eigenvalue weighted by atomic mass is 16.7. The predicted molar refractivity (Wildman–Crippen MR) is 302 cm³/mol. The van der Waals surface area contributed by atoms with Crippen molar-refractivity contribution in [2.45, 2.75) is 277 Å². The zero-order valence-electron chi connectivity index (χ0n) is 47.5. The van der Waals surface area contributed by atoms with Crippen molar-refractivity contribution in [3.63, 3.8) is 0 Å². The van der Waals surface area contributed by atoms with E-state index in [1.807, 2.05) is 21.1 Å². The van der Waals surface area contributed by atoms with Crippen LogP contribution in [0.2, 0.25) is 0 Å². The summed E-state index contributed by atoms with van der Waals surface area (Å²) in [5, 5.41) is 11.8. The topological polar surface area (TPSA) is 111 Å². The van der Waals surface area contributed by atoms with Crippen LogP contribution in [0, 0.1) is 0 Å². The van der Waals surface area contributed by atoms with Gasteiger partial charge in [-0.2, -0.15) is 0 Å². The molecule has 9 nitrogen and oxygen atoms in total. The maximum Gasteiger partial charge on any atom is 0.306 e. The Balaban J connectivity index is 4.09. The summed E-state index contributed by atoms with van der Waals surface area (Å²) in [7, 11) is 5.93. The number of quaternary nitrogens is 1. The Morgan fingerprint density at radius 3 is 1.18 bits per heavy atom. The molecule has 72 heavy (non-hydrogen) atoms. The Morgan fingerprint density at radius 1 is 0.431 bits per heavy atom. The van der Waals surface area contributed by atoms with Crippen LogP contribution < -0.4 is 5.11 Å². The van der Waals surface area contributed by atoms with Crippen LogP contribution in [0.4, 0.5) is 0 Å². The van der Waals surface area contributed by atoms with Crippen LogP contribution in [0.25, 0.3) is 0 Å². The summed E-state index contributed by atoms with van der Waals surface area (Å²) in [6.45, 7) is 4.66. The minimum Gasteiger partial charge on any atom is -0.545 e. The monoisotopic (exact) mass is 1010 g/mol. The van der Waals surface area contributed by atoms with Crippen LogP contribution >= 0.6 is 0 Å². The lowest BCUT2D eigenvalue weighted by molar-refractivity contribution is -0.870. The molecule has 0 bridgehead atoms. The van der Waals surface area contributed by atoms with Crippen molar-refractivity contribution in [1.82, 2.24) is 0 Å². The number of esters is 2. The molecule has 9 heteroatoms. The number of rotatable bonds is 55. The number of carboxylic acid groups (broad SMARTS) is 1. The molecule has 2 unspecified atom stereocenters. The van der Waals surface area contributed by atoms with E-state index in [1.165, 1.54) is 167 Å². The maximum absolute atomic E-state index is 12.9. The number of likely N-dealkylation sites (N-methyl/N-ethyl adjacent to an activating group) is 1. The van der Waals surface area contributed by atoms with Crippen molar-refractivity contribution in [3.8, 4) is 0 Å². The molecule has 0 spiro atoms. The average Bonchev–Trinajstić information content (AvgIpc) is 3.35. The summed E-state index contributed by atoms with van der Waals surface area (Å²) in [5.41, 5.74) is 0. The number of ether oxygens (including phenoxy) is 4. The van der Waals surface area contributed by atoms with E-state index in [-0.39, 0.29) is 32.2 Å². The minimum absolute atomic E-state index is 0.149. The second-order valence-electron chi connectivity index (χ2n) is 21.3. The largest absolute Gasteiger partial charge is 0.545 e. The summed E-state index contributed by atoms with van der Waals surface area (Å²) >= 11 is 0. The van der Waals surface area contributed by atoms with Crippen LogP contribution in [0.1, 0.15) is 264 Å². The molecule has 0 radical (unpaired) electrons. The molecule has 0 aromatic carbocycles. The van der Waals surface area contributed by atoms with Gasteiger partial charge in [-0.1, -0.05) is 254 Å². The van der Waals surface area contributed by atoms with Gasteiger partial charge in [-0.05, 0) is 57.8 Å². The van der Waals surface area contributed by atoms with Gasteiger partial charge in [-0.15, -0.1) is 0 Å². The van der Waals surface area contributed by atoms with Gasteiger partial charge in [0.2, 0.25) is 0 Å². The van der Waals surface area contributed by atoms with Crippen LogP contribution in [0.15, 0.2) is 60.8 Å². The van der Waals surface area contributed by atoms with E-state index in [4.69, 9.17) is 18.9 Å². The summed E-state index contributed by atoms with van der Waals surface area (Å²) in [4.78, 5) is 37.2. The van der Waals surface area contributed by atoms with E-state index in [9.17, 15) is 19.5 Å². The highest BCUT2D eigenvalue weighted by Crippen LogP contribution is 2.17. The van der Waals surface area contributed by atoms with Crippen molar-refractivity contribution >= 4 is 17.9 Å². The van der Waals surface area contributed by atoms with Gasteiger partial charge in [0.05, 0.1) is 40.3 Å². The van der Waals surface area contributed by atoms with Gasteiger partial charge in [-0.3, -0.25) is 9.59 Å². The molecule has 0 fully saturated rings. The Hall–Kier alpha value is -3.01. The van der Waals surface area contributed by atoms with Crippen LogP contribution in [0.3, 0.4) is 0 Å². The second-order valence-corrected chi connectivity index (χ2v) is 21.3. The molecule has 0 amide bonds. The van der Waals surface area contributed by atoms with Gasteiger partial charge in [-0.25, -0.2) is 0 Å². The fraction of sp³-hybridized carbons (Fsp3) is 0.794. The SMILES string of the molecule is CC/C=C\C/C=C\C/C=C\C/C=C\C/C=C\CCCCCCCCCCCCCCCCCCCC(=O)OC(COC(=O)CCCCCCCCCCCCCCCC)COC(OCC[N+](C)(C)C)C(=O)[O-]. The Morgan fingerprint density at radius 2 is 0.792 bits per heavy atom. The van der Waals surface area contributed by atoms with E-state index in [0.29, 0.717) is 23.9 Å². The average molecular weight is 1010 g/mol. The zero-order valence-corrected chi connectivity index (χ0v) is 47.5. The molecule has 0 heterocycles.